The van der Waals surface area contributed by atoms with Gasteiger partial charge in [0.15, 0.2) is 11.5 Å². The molecule has 1 fully saturated rings. The molecule has 0 aromatic heterocycles. The van der Waals surface area contributed by atoms with E-state index in [1.54, 1.807) is 18.2 Å². The van der Waals surface area contributed by atoms with Crippen LogP contribution in [0.2, 0.25) is 0 Å². The molecule has 4 amide bonds. The molecule has 2 aliphatic rings. The molecule has 0 spiro atoms. The number of carbonyl (C=O) groups excluding carboxylic acids is 3. The van der Waals surface area contributed by atoms with E-state index in [-0.39, 0.29) is 38.0 Å². The molecule has 9 nitrogen and oxygen atoms in total. The number of fused-ring (bicyclic) bond motifs is 1. The lowest BCUT2D eigenvalue weighted by Crippen LogP contribution is -2.33. The van der Waals surface area contributed by atoms with Crippen LogP contribution in [0.25, 0.3) is 0 Å². The number of urea groups is 1. The fourth-order valence-corrected chi connectivity index (χ4v) is 3.13. The number of rotatable bonds is 9. The number of benzene rings is 1. The lowest BCUT2D eigenvalue weighted by Gasteiger charge is -2.13. The molecule has 152 valence electrons. The summed E-state index contributed by atoms with van der Waals surface area (Å²) in [5.74, 6) is 0.820. The van der Waals surface area contributed by atoms with E-state index in [0.717, 1.165) is 23.4 Å². The molecule has 1 saturated heterocycles. The molecule has 1 aromatic rings. The average molecular weight is 390 g/mol. The largest absolute Gasteiger partial charge is 0.454 e. The molecule has 0 bridgehead atoms. The van der Waals surface area contributed by atoms with Crippen molar-refractivity contribution >= 4 is 17.8 Å². The second-order valence-electron chi connectivity index (χ2n) is 7.16. The Bertz CT molecular complexity index is 752. The molecule has 0 saturated carbocycles. The molecular formula is C19H26N4O5. The summed E-state index contributed by atoms with van der Waals surface area (Å²) in [6.07, 6.45) is 1.33. The standard InChI is InChI=1S/C19H26N4O5/c1-22(2)9-3-8-20-17(24)7-5-14-18(25)23(19(26)21-14)11-13-4-6-15-16(10-13)28-12-27-15/h4,6,10,14H,3,5,7-9,11-12H2,1-2H3,(H,20,24)(H,21,26). The van der Waals surface area contributed by atoms with Crippen LogP contribution in [0.1, 0.15) is 24.8 Å². The summed E-state index contributed by atoms with van der Waals surface area (Å²) >= 11 is 0. The second kappa shape index (κ2) is 8.92. The minimum atomic E-state index is -0.672. The summed E-state index contributed by atoms with van der Waals surface area (Å²) in [6, 6.07) is 4.20. The highest BCUT2D eigenvalue weighted by Crippen LogP contribution is 2.33. The van der Waals surface area contributed by atoms with Crippen LogP contribution < -0.4 is 20.1 Å². The van der Waals surface area contributed by atoms with Crippen molar-refractivity contribution < 1.29 is 23.9 Å². The molecular weight excluding hydrogens is 364 g/mol. The molecule has 9 heteroatoms. The fourth-order valence-electron chi connectivity index (χ4n) is 3.13. The lowest BCUT2D eigenvalue weighted by molar-refractivity contribution is -0.128. The highest BCUT2D eigenvalue weighted by atomic mass is 16.7. The van der Waals surface area contributed by atoms with Crippen molar-refractivity contribution in [3.63, 3.8) is 0 Å². The van der Waals surface area contributed by atoms with Gasteiger partial charge in [0.1, 0.15) is 6.04 Å². The van der Waals surface area contributed by atoms with Crippen LogP contribution in [0.4, 0.5) is 4.79 Å². The van der Waals surface area contributed by atoms with Crippen LogP contribution in [0.5, 0.6) is 11.5 Å². The SMILES string of the molecule is CN(C)CCCNC(=O)CCC1NC(=O)N(Cc2ccc3c(c2)OCO3)C1=O. The van der Waals surface area contributed by atoms with Gasteiger partial charge in [0.2, 0.25) is 12.7 Å². The number of hydrogen-bond donors (Lipinski definition) is 2. The van der Waals surface area contributed by atoms with Crippen molar-refractivity contribution in [3.05, 3.63) is 23.8 Å². The van der Waals surface area contributed by atoms with Crippen molar-refractivity contribution in [1.29, 1.82) is 0 Å². The third-order valence-corrected chi connectivity index (χ3v) is 4.65. The van der Waals surface area contributed by atoms with E-state index in [4.69, 9.17) is 9.47 Å². The lowest BCUT2D eigenvalue weighted by atomic mass is 10.1. The fraction of sp³-hybridized carbons (Fsp3) is 0.526. The minimum Gasteiger partial charge on any atom is -0.454 e. The van der Waals surface area contributed by atoms with Crippen LogP contribution in [0, 0.1) is 0 Å². The number of hydrogen-bond acceptors (Lipinski definition) is 6. The first-order valence-electron chi connectivity index (χ1n) is 9.36. The Labute approximate surface area is 163 Å². The van der Waals surface area contributed by atoms with Crippen molar-refractivity contribution in [2.45, 2.75) is 31.8 Å². The second-order valence-corrected chi connectivity index (χ2v) is 7.16. The number of imide groups is 1. The third kappa shape index (κ3) is 4.92. The quantitative estimate of drug-likeness (QED) is 0.475. The van der Waals surface area contributed by atoms with E-state index in [1.165, 1.54) is 0 Å². The molecule has 28 heavy (non-hydrogen) atoms. The van der Waals surface area contributed by atoms with Gasteiger partial charge in [0.05, 0.1) is 6.54 Å². The van der Waals surface area contributed by atoms with Gasteiger partial charge >= 0.3 is 6.03 Å². The van der Waals surface area contributed by atoms with Gasteiger partial charge < -0.3 is 25.0 Å². The molecule has 1 atom stereocenters. The molecule has 1 aromatic carbocycles. The summed E-state index contributed by atoms with van der Waals surface area (Å²) in [6.45, 7) is 1.81. The number of nitrogens with zero attached hydrogens (tertiary/aromatic N) is 2. The normalized spacial score (nSPS) is 18.0. The third-order valence-electron chi connectivity index (χ3n) is 4.65. The van der Waals surface area contributed by atoms with Gasteiger partial charge in [-0.05, 0) is 51.2 Å². The van der Waals surface area contributed by atoms with Gasteiger partial charge in [-0.1, -0.05) is 6.07 Å². The van der Waals surface area contributed by atoms with Gasteiger partial charge in [0.25, 0.3) is 5.91 Å². The Kier molecular flexibility index (Phi) is 6.35. The van der Waals surface area contributed by atoms with E-state index in [0.29, 0.717) is 18.0 Å². The summed E-state index contributed by atoms with van der Waals surface area (Å²) in [5.41, 5.74) is 0.770. The first-order valence-corrected chi connectivity index (χ1v) is 9.36. The first-order chi connectivity index (χ1) is 13.4. The number of nitrogens with one attached hydrogen (secondary N) is 2. The highest BCUT2D eigenvalue weighted by Gasteiger charge is 2.37. The van der Waals surface area contributed by atoms with Gasteiger partial charge in [-0.15, -0.1) is 0 Å². The van der Waals surface area contributed by atoms with Gasteiger partial charge in [-0.3, -0.25) is 14.5 Å². The Hall–Kier alpha value is -2.81. The van der Waals surface area contributed by atoms with E-state index >= 15 is 0 Å². The molecule has 2 aliphatic heterocycles. The minimum absolute atomic E-state index is 0.116. The molecule has 0 radical (unpaired) electrons. The van der Waals surface area contributed by atoms with Crippen molar-refractivity contribution in [2.24, 2.45) is 0 Å². The van der Waals surface area contributed by atoms with Crippen LogP contribution in [0.15, 0.2) is 18.2 Å². The predicted molar refractivity (Wildman–Crippen MR) is 101 cm³/mol. The number of ether oxygens (including phenoxy) is 2. The average Bonchev–Trinajstić information content (AvgIpc) is 3.22. The molecule has 0 aliphatic carbocycles. The molecule has 2 N–H and O–H groups in total. The summed E-state index contributed by atoms with van der Waals surface area (Å²) in [5, 5.41) is 5.49. The zero-order valence-corrected chi connectivity index (χ0v) is 16.2. The Morgan fingerprint density at radius 1 is 1.29 bits per heavy atom. The molecule has 2 heterocycles. The van der Waals surface area contributed by atoms with Gasteiger partial charge in [0, 0.05) is 13.0 Å². The molecule has 3 rings (SSSR count). The zero-order chi connectivity index (χ0) is 20.1. The smallest absolute Gasteiger partial charge is 0.325 e. The molecule has 1 unspecified atom stereocenters. The van der Waals surface area contributed by atoms with Crippen LogP contribution >= 0.6 is 0 Å². The maximum absolute atomic E-state index is 12.6. The maximum atomic E-state index is 12.6. The Balaban J connectivity index is 1.46. The highest BCUT2D eigenvalue weighted by molar-refractivity contribution is 6.04. The Morgan fingerprint density at radius 2 is 2.07 bits per heavy atom. The maximum Gasteiger partial charge on any atom is 0.325 e. The predicted octanol–water partition coefficient (Wildman–Crippen LogP) is 0.684. The Morgan fingerprint density at radius 3 is 2.86 bits per heavy atom. The van der Waals surface area contributed by atoms with E-state index < -0.39 is 12.1 Å². The van der Waals surface area contributed by atoms with E-state index in [9.17, 15) is 14.4 Å². The van der Waals surface area contributed by atoms with Crippen LogP contribution in [0.3, 0.4) is 0 Å². The summed E-state index contributed by atoms with van der Waals surface area (Å²) in [4.78, 5) is 39.9. The van der Waals surface area contributed by atoms with Crippen LogP contribution in [-0.2, 0) is 16.1 Å². The summed E-state index contributed by atoms with van der Waals surface area (Å²) < 4.78 is 10.6. The van der Waals surface area contributed by atoms with Crippen LogP contribution in [-0.4, -0.2) is 67.7 Å². The zero-order valence-electron chi connectivity index (χ0n) is 16.2. The topological polar surface area (TPSA) is 100 Å². The van der Waals surface area contributed by atoms with E-state index in [1.807, 2.05) is 19.0 Å². The first kappa shape index (κ1) is 19.9. The number of amides is 4. The van der Waals surface area contributed by atoms with Crippen molar-refractivity contribution in [1.82, 2.24) is 20.4 Å². The van der Waals surface area contributed by atoms with Crippen molar-refractivity contribution in [3.8, 4) is 11.5 Å². The van der Waals surface area contributed by atoms with Gasteiger partial charge in [-0.2, -0.15) is 0 Å². The number of carbonyl (C=O) groups is 3. The summed E-state index contributed by atoms with van der Waals surface area (Å²) in [7, 11) is 3.96. The van der Waals surface area contributed by atoms with Gasteiger partial charge in [-0.25, -0.2) is 4.79 Å². The monoisotopic (exact) mass is 390 g/mol. The van der Waals surface area contributed by atoms with E-state index in [2.05, 4.69) is 10.6 Å². The van der Waals surface area contributed by atoms with Crippen molar-refractivity contribution in [2.75, 3.05) is 34.0 Å².